The normalized spacial score (nSPS) is 12.2. The molecule has 0 atom stereocenters. The molecule has 0 aromatic heterocycles. The number of aromatic hydroxyl groups is 2. The summed E-state index contributed by atoms with van der Waals surface area (Å²) < 4.78 is 0. The van der Waals surface area contributed by atoms with Gasteiger partial charge in [0.25, 0.3) is 0 Å². The molecule has 214 valence electrons. The van der Waals surface area contributed by atoms with Crippen LogP contribution in [-0.4, -0.2) is 55.9 Å². The molecule has 0 unspecified atom stereocenters. The van der Waals surface area contributed by atoms with Gasteiger partial charge in [0.1, 0.15) is 11.5 Å². The van der Waals surface area contributed by atoms with E-state index in [9.17, 15) is 19.8 Å². The summed E-state index contributed by atoms with van der Waals surface area (Å²) in [5.74, 6) is -1.88. The summed E-state index contributed by atoms with van der Waals surface area (Å²) in [5, 5.41) is 39.3. The molecule has 0 heterocycles. The number of carbonyl (C=O) groups is 2. The molecule has 4 aromatic rings. The van der Waals surface area contributed by atoms with E-state index in [4.69, 9.17) is 20.2 Å². The lowest BCUT2D eigenvalue weighted by molar-refractivity contribution is 0.0686. The van der Waals surface area contributed by atoms with Crippen molar-refractivity contribution in [1.82, 2.24) is 0 Å². The van der Waals surface area contributed by atoms with E-state index in [1.54, 1.807) is 73.1 Å². The van der Waals surface area contributed by atoms with Crippen molar-refractivity contribution in [2.45, 2.75) is 38.8 Å². The molecule has 0 amide bonds. The first-order valence-electron chi connectivity index (χ1n) is 13.2. The molecule has 4 aromatic carbocycles. The van der Waals surface area contributed by atoms with Crippen molar-refractivity contribution in [2.75, 3.05) is 0 Å². The van der Waals surface area contributed by atoms with Gasteiger partial charge in [0.05, 0.1) is 22.2 Å². The fraction of sp³-hybridized carbons (Fsp3) is 0.176. The minimum atomic E-state index is -0.997. The van der Waals surface area contributed by atoms with Crippen LogP contribution in [0.2, 0.25) is 0 Å². The Morgan fingerprint density at radius 1 is 0.548 bits per heavy atom. The first kappa shape index (κ1) is 29.7. The Morgan fingerprint density at radius 2 is 0.857 bits per heavy atom. The Balaban J connectivity index is 1.56. The first-order chi connectivity index (χ1) is 19.8. The average Bonchev–Trinajstić information content (AvgIpc) is 2.96. The van der Waals surface area contributed by atoms with E-state index in [1.807, 2.05) is 27.7 Å². The maximum Gasteiger partial charge on any atom is 0.335 e. The third kappa shape index (κ3) is 6.55. The van der Waals surface area contributed by atoms with Gasteiger partial charge in [-0.05, 0) is 98.5 Å². The Labute approximate surface area is 244 Å². The van der Waals surface area contributed by atoms with Crippen LogP contribution in [0.5, 0.6) is 11.5 Å². The zero-order chi connectivity index (χ0) is 30.7. The molecule has 4 rings (SSSR count). The maximum absolute atomic E-state index is 11.2. The zero-order valence-corrected chi connectivity index (χ0v) is 23.7. The minimum Gasteiger partial charge on any atom is -0.507 e. The van der Waals surface area contributed by atoms with E-state index in [0.717, 1.165) is 22.3 Å². The number of phenolic OH excluding ortho intramolecular Hbond substituents is 2. The number of hydrogen-bond donors (Lipinski definition) is 4. The number of nitrogens with zero attached hydrogens (tertiary/aromatic N) is 2. The van der Waals surface area contributed by atoms with Crippen LogP contribution in [0.1, 0.15) is 59.5 Å². The highest BCUT2D eigenvalue weighted by molar-refractivity contribution is 5.90. The van der Waals surface area contributed by atoms with Crippen molar-refractivity contribution in [3.63, 3.8) is 0 Å². The van der Waals surface area contributed by atoms with E-state index in [2.05, 4.69) is 0 Å². The van der Waals surface area contributed by atoms with Crippen LogP contribution >= 0.6 is 0 Å². The van der Waals surface area contributed by atoms with Crippen molar-refractivity contribution in [3.8, 4) is 33.8 Å². The topological polar surface area (TPSA) is 140 Å². The molecule has 42 heavy (non-hydrogen) atoms. The molecule has 0 aliphatic carbocycles. The molecule has 0 saturated carbocycles. The number of carboxylic acid groups (broad SMARTS) is 2. The van der Waals surface area contributed by atoms with Gasteiger partial charge in [0.15, 0.2) is 0 Å². The molecule has 0 radical (unpaired) electrons. The van der Waals surface area contributed by atoms with Crippen molar-refractivity contribution < 1.29 is 30.0 Å². The average molecular weight is 565 g/mol. The van der Waals surface area contributed by atoms with Crippen molar-refractivity contribution in [2.24, 2.45) is 9.98 Å². The van der Waals surface area contributed by atoms with E-state index in [0.29, 0.717) is 11.1 Å². The number of rotatable bonds is 9. The summed E-state index contributed by atoms with van der Waals surface area (Å²) in [6.45, 7) is 7.69. The van der Waals surface area contributed by atoms with Crippen molar-refractivity contribution in [1.29, 1.82) is 0 Å². The second-order valence-corrected chi connectivity index (χ2v) is 10.9. The van der Waals surface area contributed by atoms with Crippen LogP contribution in [0, 0.1) is 0 Å². The number of benzene rings is 4. The molecule has 0 bridgehead atoms. The van der Waals surface area contributed by atoms with Gasteiger partial charge in [0, 0.05) is 23.6 Å². The van der Waals surface area contributed by atoms with Crippen molar-refractivity contribution in [3.05, 3.63) is 107 Å². The van der Waals surface area contributed by atoms with Gasteiger partial charge in [-0.15, -0.1) is 0 Å². The van der Waals surface area contributed by atoms with Gasteiger partial charge < -0.3 is 20.4 Å². The standard InChI is InChI=1S/C34H32N2O6/c1-33(2,35-19-27-17-25(13-15-29(27)37)21-5-9-23(10-6-21)31(39)40)34(3,4)36-20-28-18-26(14-16-30(28)38)22-7-11-24(12-8-22)32(41)42/h5-20,37-38H,1-4H3,(H,39,40)(H,41,42). The Morgan fingerprint density at radius 3 is 1.17 bits per heavy atom. The minimum absolute atomic E-state index is 0.0555. The SMILES string of the molecule is CC(C)(N=Cc1cc(-c2ccc(C(=O)O)cc2)ccc1O)C(C)(C)N=Cc1cc(-c2ccc(C(=O)O)cc2)ccc1O. The largest absolute Gasteiger partial charge is 0.507 e. The summed E-state index contributed by atoms with van der Waals surface area (Å²) in [5.41, 5.74) is 3.14. The second-order valence-electron chi connectivity index (χ2n) is 10.9. The van der Waals surface area contributed by atoms with Gasteiger partial charge in [-0.3, -0.25) is 9.98 Å². The van der Waals surface area contributed by atoms with Gasteiger partial charge >= 0.3 is 11.9 Å². The molecular formula is C34H32N2O6. The smallest absolute Gasteiger partial charge is 0.335 e. The summed E-state index contributed by atoms with van der Waals surface area (Å²) >= 11 is 0. The molecule has 8 heteroatoms. The van der Waals surface area contributed by atoms with Gasteiger partial charge in [-0.2, -0.15) is 0 Å². The lowest BCUT2D eigenvalue weighted by Gasteiger charge is -2.35. The molecule has 0 fully saturated rings. The fourth-order valence-corrected chi connectivity index (χ4v) is 4.06. The lowest BCUT2D eigenvalue weighted by Crippen LogP contribution is -2.42. The number of phenols is 2. The predicted molar refractivity (Wildman–Crippen MR) is 164 cm³/mol. The first-order valence-corrected chi connectivity index (χ1v) is 13.2. The van der Waals surface area contributed by atoms with E-state index < -0.39 is 23.0 Å². The van der Waals surface area contributed by atoms with Crippen molar-refractivity contribution >= 4 is 24.4 Å². The number of carboxylic acids is 2. The van der Waals surface area contributed by atoms with Crippen LogP contribution in [0.25, 0.3) is 22.3 Å². The highest BCUT2D eigenvalue weighted by atomic mass is 16.4. The quantitative estimate of drug-likeness (QED) is 0.163. The number of aromatic carboxylic acids is 2. The van der Waals surface area contributed by atoms with Crippen LogP contribution < -0.4 is 0 Å². The Hall–Kier alpha value is -5.24. The van der Waals surface area contributed by atoms with Gasteiger partial charge in [-0.25, -0.2) is 9.59 Å². The van der Waals surface area contributed by atoms with E-state index in [1.165, 1.54) is 24.3 Å². The fourth-order valence-electron chi connectivity index (χ4n) is 4.06. The maximum atomic E-state index is 11.2. The van der Waals surface area contributed by atoms with Crippen LogP contribution in [-0.2, 0) is 0 Å². The summed E-state index contributed by atoms with van der Waals surface area (Å²) in [4.78, 5) is 31.9. The van der Waals surface area contributed by atoms with Crippen LogP contribution in [0.3, 0.4) is 0 Å². The number of hydrogen-bond acceptors (Lipinski definition) is 6. The van der Waals surface area contributed by atoms with Gasteiger partial charge in [0.2, 0.25) is 0 Å². The molecule has 0 spiro atoms. The molecule has 0 aliphatic heterocycles. The Kier molecular flexibility index (Phi) is 8.29. The highest BCUT2D eigenvalue weighted by Crippen LogP contribution is 2.32. The molecule has 0 saturated heterocycles. The van der Waals surface area contributed by atoms with Crippen LogP contribution in [0.15, 0.2) is 94.9 Å². The summed E-state index contributed by atoms with van der Waals surface area (Å²) in [7, 11) is 0. The summed E-state index contributed by atoms with van der Waals surface area (Å²) in [6, 6.07) is 23.2. The molecular weight excluding hydrogens is 532 g/mol. The number of aliphatic imine (C=N–C) groups is 2. The second kappa shape index (κ2) is 11.7. The summed E-state index contributed by atoms with van der Waals surface area (Å²) in [6.07, 6.45) is 3.20. The van der Waals surface area contributed by atoms with Gasteiger partial charge in [-0.1, -0.05) is 36.4 Å². The molecule has 8 nitrogen and oxygen atoms in total. The van der Waals surface area contributed by atoms with E-state index >= 15 is 0 Å². The third-order valence-corrected chi connectivity index (χ3v) is 7.54. The molecule has 4 N–H and O–H groups in total. The van der Waals surface area contributed by atoms with E-state index in [-0.39, 0.29) is 22.6 Å². The lowest BCUT2D eigenvalue weighted by atomic mass is 9.83. The molecule has 0 aliphatic rings. The zero-order valence-electron chi connectivity index (χ0n) is 23.7. The highest BCUT2D eigenvalue weighted by Gasteiger charge is 2.36. The monoisotopic (exact) mass is 564 g/mol. The van der Waals surface area contributed by atoms with Crippen LogP contribution in [0.4, 0.5) is 0 Å². The Bertz CT molecular complexity index is 1560. The predicted octanol–water partition coefficient (Wildman–Crippen LogP) is 6.92. The third-order valence-electron chi connectivity index (χ3n) is 7.54.